The molecule has 0 unspecified atom stereocenters. The maximum absolute atomic E-state index is 12.2. The molecular weight excluding hydrogens is 370 g/mol. The van der Waals surface area contributed by atoms with Crippen LogP contribution in [-0.4, -0.2) is 37.9 Å². The van der Waals surface area contributed by atoms with Crippen molar-refractivity contribution in [2.45, 2.75) is 25.7 Å². The van der Waals surface area contributed by atoms with E-state index in [2.05, 4.69) is 10.6 Å². The Morgan fingerprint density at radius 2 is 1.90 bits per heavy atom. The van der Waals surface area contributed by atoms with E-state index in [1.807, 2.05) is 30.3 Å². The van der Waals surface area contributed by atoms with Crippen LogP contribution in [-0.2, 0) is 20.8 Å². The van der Waals surface area contributed by atoms with Crippen molar-refractivity contribution in [3.05, 3.63) is 54.1 Å². The molecule has 7 heteroatoms. The first-order valence-electron chi connectivity index (χ1n) is 9.65. The maximum Gasteiger partial charge on any atom is 0.227 e. The fourth-order valence-electron chi connectivity index (χ4n) is 3.26. The lowest BCUT2D eigenvalue weighted by Gasteiger charge is -2.20. The number of benzene rings is 2. The van der Waals surface area contributed by atoms with Gasteiger partial charge in [-0.2, -0.15) is 0 Å². The van der Waals surface area contributed by atoms with E-state index in [0.29, 0.717) is 30.1 Å². The van der Waals surface area contributed by atoms with Crippen LogP contribution >= 0.6 is 0 Å². The standard InChI is InChI=1S/C22H25N3O4/c1-29-19-10-9-17(15-18(19)25-13-5-8-22(25)28)24-20(26)11-12-23-21(27)14-16-6-3-2-4-7-16/h2-4,6-7,9-10,15H,5,8,11-14H2,1H3,(H,23,27)(H,24,26). The number of rotatable bonds is 8. The zero-order valence-electron chi connectivity index (χ0n) is 16.4. The Bertz CT molecular complexity index is 883. The number of nitrogens with zero attached hydrogens (tertiary/aromatic N) is 1. The zero-order chi connectivity index (χ0) is 20.6. The molecular formula is C22H25N3O4. The highest BCUT2D eigenvalue weighted by Gasteiger charge is 2.24. The monoisotopic (exact) mass is 395 g/mol. The summed E-state index contributed by atoms with van der Waals surface area (Å²) in [4.78, 5) is 37.9. The lowest BCUT2D eigenvalue weighted by molar-refractivity contribution is -0.121. The van der Waals surface area contributed by atoms with Crippen molar-refractivity contribution >= 4 is 29.1 Å². The topological polar surface area (TPSA) is 87.7 Å². The smallest absolute Gasteiger partial charge is 0.227 e. The second-order valence-electron chi connectivity index (χ2n) is 6.85. The molecule has 3 rings (SSSR count). The summed E-state index contributed by atoms with van der Waals surface area (Å²) in [7, 11) is 1.55. The number of anilines is 2. The molecule has 0 aromatic heterocycles. The second kappa shape index (κ2) is 9.73. The molecule has 152 valence electrons. The first-order valence-corrected chi connectivity index (χ1v) is 9.65. The first-order chi connectivity index (χ1) is 14.1. The molecule has 2 aromatic carbocycles. The van der Waals surface area contributed by atoms with E-state index in [1.165, 1.54) is 0 Å². The van der Waals surface area contributed by atoms with Crippen LogP contribution in [0.15, 0.2) is 48.5 Å². The average Bonchev–Trinajstić information content (AvgIpc) is 3.14. The molecule has 0 atom stereocenters. The van der Waals surface area contributed by atoms with Crippen molar-refractivity contribution in [1.82, 2.24) is 5.32 Å². The van der Waals surface area contributed by atoms with Crippen LogP contribution in [0.4, 0.5) is 11.4 Å². The molecule has 0 saturated carbocycles. The Morgan fingerprint density at radius 3 is 2.59 bits per heavy atom. The highest BCUT2D eigenvalue weighted by atomic mass is 16.5. The molecule has 29 heavy (non-hydrogen) atoms. The van der Waals surface area contributed by atoms with Gasteiger partial charge in [-0.05, 0) is 30.2 Å². The number of carbonyl (C=O) groups excluding carboxylic acids is 3. The third-order valence-electron chi connectivity index (χ3n) is 4.71. The van der Waals surface area contributed by atoms with Gasteiger partial charge in [0.15, 0.2) is 0 Å². The van der Waals surface area contributed by atoms with Crippen LogP contribution in [0.25, 0.3) is 0 Å². The molecule has 1 aliphatic heterocycles. The lowest BCUT2D eigenvalue weighted by atomic mass is 10.1. The predicted molar refractivity (Wildman–Crippen MR) is 111 cm³/mol. The number of nitrogens with one attached hydrogen (secondary N) is 2. The lowest BCUT2D eigenvalue weighted by Crippen LogP contribution is -2.29. The molecule has 0 spiro atoms. The SMILES string of the molecule is COc1ccc(NC(=O)CCNC(=O)Cc2ccccc2)cc1N1CCCC1=O. The van der Waals surface area contributed by atoms with Gasteiger partial charge in [0, 0.05) is 31.6 Å². The summed E-state index contributed by atoms with van der Waals surface area (Å²) in [5.41, 5.74) is 2.17. The third kappa shape index (κ3) is 5.57. The van der Waals surface area contributed by atoms with Gasteiger partial charge in [-0.3, -0.25) is 14.4 Å². The number of hydrogen-bond donors (Lipinski definition) is 2. The number of amides is 3. The van der Waals surface area contributed by atoms with Crippen molar-refractivity contribution in [3.63, 3.8) is 0 Å². The van der Waals surface area contributed by atoms with Gasteiger partial charge in [0.05, 0.1) is 19.2 Å². The van der Waals surface area contributed by atoms with Crippen molar-refractivity contribution in [2.75, 3.05) is 30.4 Å². The largest absolute Gasteiger partial charge is 0.495 e. The molecule has 0 bridgehead atoms. The summed E-state index contributed by atoms with van der Waals surface area (Å²) in [6, 6.07) is 14.7. The molecule has 1 fully saturated rings. The van der Waals surface area contributed by atoms with Gasteiger partial charge in [0.25, 0.3) is 0 Å². The molecule has 7 nitrogen and oxygen atoms in total. The number of ether oxygens (including phenoxy) is 1. The molecule has 1 heterocycles. The summed E-state index contributed by atoms with van der Waals surface area (Å²) in [5, 5.41) is 5.57. The van der Waals surface area contributed by atoms with E-state index in [0.717, 1.165) is 12.0 Å². The van der Waals surface area contributed by atoms with Crippen molar-refractivity contribution in [2.24, 2.45) is 0 Å². The summed E-state index contributed by atoms with van der Waals surface area (Å²) < 4.78 is 5.35. The van der Waals surface area contributed by atoms with Crippen LogP contribution in [0.2, 0.25) is 0 Å². The van der Waals surface area contributed by atoms with Gasteiger partial charge in [-0.15, -0.1) is 0 Å². The summed E-state index contributed by atoms with van der Waals surface area (Å²) in [6.07, 6.45) is 1.77. The molecule has 2 aromatic rings. The minimum absolute atomic E-state index is 0.0490. The van der Waals surface area contributed by atoms with E-state index in [4.69, 9.17) is 4.74 Å². The second-order valence-corrected chi connectivity index (χ2v) is 6.85. The number of hydrogen-bond acceptors (Lipinski definition) is 4. The van der Waals surface area contributed by atoms with E-state index in [9.17, 15) is 14.4 Å². The Kier molecular flexibility index (Phi) is 6.84. The minimum atomic E-state index is -0.214. The van der Waals surface area contributed by atoms with Gasteiger partial charge in [0.1, 0.15) is 5.75 Å². The van der Waals surface area contributed by atoms with Crippen LogP contribution in [0.5, 0.6) is 5.75 Å². The van der Waals surface area contributed by atoms with Crippen molar-refractivity contribution < 1.29 is 19.1 Å². The van der Waals surface area contributed by atoms with E-state index in [-0.39, 0.29) is 37.1 Å². The number of carbonyl (C=O) groups is 3. The van der Waals surface area contributed by atoms with Gasteiger partial charge in [-0.25, -0.2) is 0 Å². The van der Waals surface area contributed by atoms with Gasteiger partial charge in [-0.1, -0.05) is 30.3 Å². The highest BCUT2D eigenvalue weighted by molar-refractivity contribution is 5.98. The predicted octanol–water partition coefficient (Wildman–Crippen LogP) is 2.51. The van der Waals surface area contributed by atoms with Gasteiger partial charge < -0.3 is 20.3 Å². The van der Waals surface area contributed by atoms with E-state index >= 15 is 0 Å². The summed E-state index contributed by atoms with van der Waals surface area (Å²) in [6.45, 7) is 0.894. The van der Waals surface area contributed by atoms with Crippen molar-refractivity contribution in [1.29, 1.82) is 0 Å². The van der Waals surface area contributed by atoms with Gasteiger partial charge in [0.2, 0.25) is 17.7 Å². The Labute approximate surface area is 170 Å². The average molecular weight is 395 g/mol. The molecule has 1 aliphatic rings. The first kappa shape index (κ1) is 20.4. The Morgan fingerprint density at radius 1 is 1.10 bits per heavy atom. The zero-order valence-corrected chi connectivity index (χ0v) is 16.4. The minimum Gasteiger partial charge on any atom is -0.495 e. The van der Waals surface area contributed by atoms with E-state index < -0.39 is 0 Å². The van der Waals surface area contributed by atoms with Crippen LogP contribution in [0.3, 0.4) is 0 Å². The Hall–Kier alpha value is -3.35. The van der Waals surface area contributed by atoms with E-state index in [1.54, 1.807) is 30.2 Å². The molecule has 2 N–H and O–H groups in total. The summed E-state index contributed by atoms with van der Waals surface area (Å²) >= 11 is 0. The fourth-order valence-corrected chi connectivity index (χ4v) is 3.26. The molecule has 3 amide bonds. The number of methoxy groups -OCH3 is 1. The fraction of sp³-hybridized carbons (Fsp3) is 0.318. The molecule has 0 radical (unpaired) electrons. The molecule has 0 aliphatic carbocycles. The van der Waals surface area contributed by atoms with Crippen molar-refractivity contribution in [3.8, 4) is 5.75 Å². The third-order valence-corrected chi connectivity index (χ3v) is 4.71. The quantitative estimate of drug-likeness (QED) is 0.719. The van der Waals surface area contributed by atoms with Gasteiger partial charge >= 0.3 is 0 Å². The van der Waals surface area contributed by atoms with Crippen LogP contribution in [0.1, 0.15) is 24.8 Å². The normalized spacial score (nSPS) is 13.3. The molecule has 1 saturated heterocycles. The van der Waals surface area contributed by atoms with Crippen LogP contribution < -0.4 is 20.3 Å². The Balaban J connectivity index is 1.51. The highest BCUT2D eigenvalue weighted by Crippen LogP contribution is 2.34. The maximum atomic E-state index is 12.2. The van der Waals surface area contributed by atoms with Crippen LogP contribution in [0, 0.1) is 0 Å². The summed E-state index contributed by atoms with van der Waals surface area (Å²) in [5.74, 6) is 0.302.